The molecule has 0 spiro atoms. The van der Waals surface area contributed by atoms with Crippen LogP contribution < -0.4 is 5.73 Å². The summed E-state index contributed by atoms with van der Waals surface area (Å²) in [6, 6.07) is 3.13. The van der Waals surface area contributed by atoms with Gasteiger partial charge in [0.05, 0.1) is 0 Å². The van der Waals surface area contributed by atoms with Crippen LogP contribution in [0.25, 0.3) is 0 Å². The maximum absolute atomic E-state index is 12.5. The summed E-state index contributed by atoms with van der Waals surface area (Å²) >= 11 is 0. The minimum absolute atomic E-state index is 0.0816. The maximum atomic E-state index is 12.5. The molecule has 2 rings (SSSR count). The Labute approximate surface area is 114 Å². The molecule has 0 amide bonds. The van der Waals surface area contributed by atoms with Gasteiger partial charge in [0, 0.05) is 19.3 Å². The van der Waals surface area contributed by atoms with Gasteiger partial charge in [0.15, 0.2) is 0 Å². The second kappa shape index (κ2) is 5.88. The topological polar surface area (TPSA) is 76.3 Å². The molecular formula is C13H21N3O2S. The van der Waals surface area contributed by atoms with Gasteiger partial charge >= 0.3 is 0 Å². The predicted octanol–water partition coefficient (Wildman–Crippen LogP) is 1.86. The van der Waals surface area contributed by atoms with Crippen molar-refractivity contribution in [1.82, 2.24) is 9.29 Å². The SMILES string of the molecule is CCCC1CCN(S(=O)(=O)c2cccnc2N)CC1. The summed E-state index contributed by atoms with van der Waals surface area (Å²) in [7, 11) is -3.49. The van der Waals surface area contributed by atoms with E-state index in [1.165, 1.54) is 23.0 Å². The van der Waals surface area contributed by atoms with E-state index in [2.05, 4.69) is 11.9 Å². The van der Waals surface area contributed by atoms with Crippen molar-refractivity contribution in [2.75, 3.05) is 18.8 Å². The zero-order valence-corrected chi connectivity index (χ0v) is 12.1. The molecule has 0 bridgehead atoms. The van der Waals surface area contributed by atoms with Gasteiger partial charge in [-0.3, -0.25) is 0 Å². The van der Waals surface area contributed by atoms with Gasteiger partial charge in [-0.2, -0.15) is 4.31 Å². The number of nitrogen functional groups attached to an aromatic ring is 1. The molecule has 2 heterocycles. The number of sulfonamides is 1. The first kappa shape index (κ1) is 14.3. The predicted molar refractivity (Wildman–Crippen MR) is 75.0 cm³/mol. The Hall–Kier alpha value is -1.14. The third kappa shape index (κ3) is 3.06. The van der Waals surface area contributed by atoms with Crippen LogP contribution >= 0.6 is 0 Å². The van der Waals surface area contributed by atoms with Crippen LogP contribution in [0.5, 0.6) is 0 Å². The van der Waals surface area contributed by atoms with Crippen LogP contribution in [0.15, 0.2) is 23.2 Å². The van der Waals surface area contributed by atoms with Gasteiger partial charge in [0.2, 0.25) is 10.0 Å². The Bertz CT molecular complexity index is 522. The van der Waals surface area contributed by atoms with Crippen molar-refractivity contribution in [3.05, 3.63) is 18.3 Å². The maximum Gasteiger partial charge on any atom is 0.246 e. The van der Waals surface area contributed by atoms with Crippen molar-refractivity contribution in [3.63, 3.8) is 0 Å². The van der Waals surface area contributed by atoms with Crippen molar-refractivity contribution in [3.8, 4) is 0 Å². The summed E-state index contributed by atoms with van der Waals surface area (Å²) < 4.78 is 26.5. The zero-order chi connectivity index (χ0) is 13.9. The minimum atomic E-state index is -3.49. The number of aromatic nitrogens is 1. The quantitative estimate of drug-likeness (QED) is 0.915. The summed E-state index contributed by atoms with van der Waals surface area (Å²) in [5.74, 6) is 0.737. The number of nitrogens with two attached hydrogens (primary N) is 1. The van der Waals surface area contributed by atoms with Gasteiger partial charge in [-0.05, 0) is 30.9 Å². The molecule has 0 unspecified atom stereocenters. The molecule has 1 fully saturated rings. The molecule has 106 valence electrons. The number of pyridine rings is 1. The molecule has 1 aromatic heterocycles. The highest BCUT2D eigenvalue weighted by molar-refractivity contribution is 7.89. The molecule has 0 radical (unpaired) electrons. The third-order valence-electron chi connectivity index (χ3n) is 3.69. The molecule has 1 aliphatic heterocycles. The van der Waals surface area contributed by atoms with Crippen LogP contribution in [0, 0.1) is 5.92 Å². The fourth-order valence-corrected chi connectivity index (χ4v) is 4.14. The lowest BCUT2D eigenvalue weighted by Crippen LogP contribution is -2.38. The number of hydrogen-bond acceptors (Lipinski definition) is 4. The van der Waals surface area contributed by atoms with Crippen molar-refractivity contribution >= 4 is 15.8 Å². The van der Waals surface area contributed by atoms with Crippen LogP contribution in [0.2, 0.25) is 0 Å². The first-order valence-electron chi connectivity index (χ1n) is 6.76. The van der Waals surface area contributed by atoms with Crippen molar-refractivity contribution in [2.24, 2.45) is 5.92 Å². The summed E-state index contributed by atoms with van der Waals surface area (Å²) in [5.41, 5.74) is 5.67. The van der Waals surface area contributed by atoms with Gasteiger partial charge in [0.25, 0.3) is 0 Å². The van der Waals surface area contributed by atoms with E-state index in [9.17, 15) is 8.42 Å². The van der Waals surface area contributed by atoms with Crippen LogP contribution in [0.4, 0.5) is 5.82 Å². The second-order valence-electron chi connectivity index (χ2n) is 5.02. The normalized spacial score (nSPS) is 18.6. The molecule has 0 aromatic carbocycles. The first-order valence-corrected chi connectivity index (χ1v) is 8.20. The Morgan fingerprint density at radius 3 is 2.68 bits per heavy atom. The molecule has 1 saturated heterocycles. The van der Waals surface area contributed by atoms with Gasteiger partial charge in [-0.25, -0.2) is 13.4 Å². The van der Waals surface area contributed by atoms with Crippen molar-refractivity contribution in [1.29, 1.82) is 0 Å². The molecule has 0 atom stereocenters. The van der Waals surface area contributed by atoms with E-state index < -0.39 is 10.0 Å². The minimum Gasteiger partial charge on any atom is -0.383 e. The van der Waals surface area contributed by atoms with Gasteiger partial charge in [-0.1, -0.05) is 19.8 Å². The largest absolute Gasteiger partial charge is 0.383 e. The fraction of sp³-hybridized carbons (Fsp3) is 0.615. The average Bonchev–Trinajstić information content (AvgIpc) is 2.40. The van der Waals surface area contributed by atoms with E-state index in [0.29, 0.717) is 19.0 Å². The molecule has 1 aromatic rings. The van der Waals surface area contributed by atoms with Gasteiger partial charge < -0.3 is 5.73 Å². The molecule has 0 saturated carbocycles. The Morgan fingerprint density at radius 2 is 2.11 bits per heavy atom. The lowest BCUT2D eigenvalue weighted by molar-refractivity contribution is 0.262. The number of piperidine rings is 1. The smallest absolute Gasteiger partial charge is 0.246 e. The van der Waals surface area contributed by atoms with E-state index in [4.69, 9.17) is 5.73 Å². The summed E-state index contributed by atoms with van der Waals surface area (Å²) in [6.07, 6.45) is 5.72. The van der Waals surface area contributed by atoms with Gasteiger partial charge in [-0.15, -0.1) is 0 Å². The lowest BCUT2D eigenvalue weighted by Gasteiger charge is -2.31. The number of rotatable bonds is 4. The molecule has 2 N–H and O–H groups in total. The monoisotopic (exact) mass is 283 g/mol. The third-order valence-corrected chi connectivity index (χ3v) is 5.63. The van der Waals surface area contributed by atoms with E-state index in [0.717, 1.165) is 19.3 Å². The molecule has 19 heavy (non-hydrogen) atoms. The van der Waals surface area contributed by atoms with Crippen LogP contribution in [0.1, 0.15) is 32.6 Å². The van der Waals surface area contributed by atoms with E-state index in [-0.39, 0.29) is 10.7 Å². The molecule has 6 heteroatoms. The highest BCUT2D eigenvalue weighted by atomic mass is 32.2. The van der Waals surface area contributed by atoms with Crippen LogP contribution in [-0.4, -0.2) is 30.8 Å². The standard InChI is InChI=1S/C13H21N3O2S/c1-2-4-11-6-9-16(10-7-11)19(17,18)12-5-3-8-15-13(12)14/h3,5,8,11H,2,4,6-7,9-10H2,1H3,(H2,14,15). The molecule has 1 aliphatic rings. The second-order valence-corrected chi connectivity index (χ2v) is 6.93. The van der Waals surface area contributed by atoms with E-state index in [1.807, 2.05) is 0 Å². The fourth-order valence-electron chi connectivity index (χ4n) is 2.61. The van der Waals surface area contributed by atoms with E-state index in [1.54, 1.807) is 6.07 Å². The van der Waals surface area contributed by atoms with Crippen LogP contribution in [-0.2, 0) is 10.0 Å². The summed E-state index contributed by atoms with van der Waals surface area (Å²) in [5, 5.41) is 0. The lowest BCUT2D eigenvalue weighted by atomic mass is 9.94. The molecular weight excluding hydrogens is 262 g/mol. The first-order chi connectivity index (χ1) is 9.05. The van der Waals surface area contributed by atoms with E-state index >= 15 is 0 Å². The Balaban J connectivity index is 2.12. The summed E-state index contributed by atoms with van der Waals surface area (Å²) in [6.45, 7) is 3.34. The number of hydrogen-bond donors (Lipinski definition) is 1. The van der Waals surface area contributed by atoms with Gasteiger partial charge in [0.1, 0.15) is 10.7 Å². The average molecular weight is 283 g/mol. The van der Waals surface area contributed by atoms with Crippen molar-refractivity contribution in [2.45, 2.75) is 37.5 Å². The number of anilines is 1. The number of nitrogens with zero attached hydrogens (tertiary/aromatic N) is 2. The van der Waals surface area contributed by atoms with Crippen molar-refractivity contribution < 1.29 is 8.42 Å². The molecule has 0 aliphatic carbocycles. The summed E-state index contributed by atoms with van der Waals surface area (Å²) in [4.78, 5) is 3.99. The highest BCUT2D eigenvalue weighted by Gasteiger charge is 2.30. The Morgan fingerprint density at radius 1 is 1.42 bits per heavy atom. The Kier molecular flexibility index (Phi) is 4.42. The zero-order valence-electron chi connectivity index (χ0n) is 11.2. The van der Waals surface area contributed by atoms with Crippen LogP contribution in [0.3, 0.4) is 0 Å². The highest BCUT2D eigenvalue weighted by Crippen LogP contribution is 2.27. The molecule has 5 nitrogen and oxygen atoms in total.